The topological polar surface area (TPSA) is 130 Å². The van der Waals surface area contributed by atoms with E-state index in [0.717, 1.165) is 22.2 Å². The quantitative estimate of drug-likeness (QED) is 0.123. The average Bonchev–Trinajstić information content (AvgIpc) is 3.42. The summed E-state index contributed by atoms with van der Waals surface area (Å²) in [5.41, 5.74) is 10.4. The highest BCUT2D eigenvalue weighted by Crippen LogP contribution is 2.35. The van der Waals surface area contributed by atoms with Gasteiger partial charge in [-0.25, -0.2) is 15.8 Å². The number of anilines is 2. The first-order valence-corrected chi connectivity index (χ1v) is 12.9. The molecule has 0 radical (unpaired) electrons. The van der Waals surface area contributed by atoms with Crippen molar-refractivity contribution in [3.8, 4) is 11.5 Å². The van der Waals surface area contributed by atoms with Crippen LogP contribution in [0.4, 0.5) is 11.5 Å². The van der Waals surface area contributed by atoms with Crippen LogP contribution in [0.1, 0.15) is 11.1 Å². The van der Waals surface area contributed by atoms with E-state index in [2.05, 4.69) is 20.7 Å². The van der Waals surface area contributed by atoms with Gasteiger partial charge in [-0.2, -0.15) is 11.3 Å². The van der Waals surface area contributed by atoms with Crippen molar-refractivity contribution in [2.24, 2.45) is 11.6 Å². The lowest BCUT2D eigenvalue weighted by molar-refractivity contribution is 0.132. The van der Waals surface area contributed by atoms with Crippen molar-refractivity contribution in [1.82, 2.24) is 15.0 Å². The Bertz CT molecular complexity index is 1350. The third kappa shape index (κ3) is 7.33. The number of aromatic nitrogens is 2. The summed E-state index contributed by atoms with van der Waals surface area (Å²) < 4.78 is 22.0. The van der Waals surface area contributed by atoms with Gasteiger partial charge in [-0.1, -0.05) is 12.1 Å². The Morgan fingerprint density at radius 2 is 1.76 bits per heavy atom. The van der Waals surface area contributed by atoms with Gasteiger partial charge in [-0.05, 0) is 40.6 Å². The van der Waals surface area contributed by atoms with E-state index in [4.69, 9.17) is 30.5 Å². The van der Waals surface area contributed by atoms with Gasteiger partial charge in [0.2, 0.25) is 0 Å². The molecule has 0 atom stereocenters. The van der Waals surface area contributed by atoms with Crippen LogP contribution < -0.4 is 26.4 Å². The van der Waals surface area contributed by atoms with Gasteiger partial charge in [0.05, 0.1) is 31.0 Å². The van der Waals surface area contributed by atoms with Crippen LogP contribution in [0, 0.1) is 0 Å². The van der Waals surface area contributed by atoms with Crippen LogP contribution >= 0.6 is 11.3 Å². The predicted molar refractivity (Wildman–Crippen MR) is 150 cm³/mol. The lowest BCUT2D eigenvalue weighted by Crippen LogP contribution is -2.25. The first kappa shape index (κ1) is 27.1. The van der Waals surface area contributed by atoms with E-state index in [1.54, 1.807) is 36.8 Å². The number of hydrogen-bond acceptors (Lipinski definition) is 11. The SMILES string of the molecule is COCCOc1cc2ncnc(Nc3cccc(/C(N)=C/N(N)Cc4ccsc4)c3)c2cc1OCCOC. The number of fused-ring (bicyclic) bond motifs is 1. The summed E-state index contributed by atoms with van der Waals surface area (Å²) in [4.78, 5) is 8.90. The molecule has 2 aromatic heterocycles. The van der Waals surface area contributed by atoms with Gasteiger partial charge < -0.3 is 35.0 Å². The number of methoxy groups -OCH3 is 2. The highest BCUT2D eigenvalue weighted by Gasteiger charge is 2.13. The van der Waals surface area contributed by atoms with E-state index in [9.17, 15) is 0 Å². The molecule has 0 aliphatic rings. The molecule has 0 fully saturated rings. The molecule has 0 aliphatic heterocycles. The van der Waals surface area contributed by atoms with Crippen LogP contribution in [0.5, 0.6) is 11.5 Å². The Morgan fingerprint density at radius 1 is 1.00 bits per heavy atom. The molecule has 4 aromatic rings. The van der Waals surface area contributed by atoms with Crippen molar-refractivity contribution in [2.45, 2.75) is 6.54 Å². The number of thiophene rings is 1. The molecule has 0 spiro atoms. The number of rotatable bonds is 14. The van der Waals surface area contributed by atoms with Gasteiger partial charge in [0.15, 0.2) is 11.5 Å². The highest BCUT2D eigenvalue weighted by atomic mass is 32.1. The molecule has 2 aromatic carbocycles. The summed E-state index contributed by atoms with van der Waals surface area (Å²) in [7, 11) is 3.25. The number of ether oxygens (including phenoxy) is 4. The third-order valence-electron chi connectivity index (χ3n) is 5.50. The van der Waals surface area contributed by atoms with Gasteiger partial charge in [-0.15, -0.1) is 0 Å². The summed E-state index contributed by atoms with van der Waals surface area (Å²) in [6, 6.07) is 13.5. The molecule has 2 heterocycles. The Balaban J connectivity index is 1.57. The molecule has 0 bridgehead atoms. The standard InChI is InChI=1S/C27H32N6O4S/c1-34-7-9-36-25-13-22-24(14-26(25)37-10-8-35-2)30-18-31-27(22)32-21-5-3-4-20(12-21)23(28)16-33(29)15-19-6-11-38-17-19/h3-6,11-14,16-18H,7-10,15,28-29H2,1-2H3,(H,30,31,32)/b23-16-. The highest BCUT2D eigenvalue weighted by molar-refractivity contribution is 7.07. The molecule has 0 saturated heterocycles. The summed E-state index contributed by atoms with van der Waals surface area (Å²) in [5.74, 6) is 7.91. The first-order valence-electron chi connectivity index (χ1n) is 12.0. The molecule has 4 rings (SSSR count). The second-order valence-corrected chi connectivity index (χ2v) is 9.10. The van der Waals surface area contributed by atoms with Crippen LogP contribution in [0.25, 0.3) is 16.6 Å². The number of nitrogens with two attached hydrogens (primary N) is 2. The smallest absolute Gasteiger partial charge is 0.163 e. The predicted octanol–water partition coefficient (Wildman–Crippen LogP) is 4.12. The Hall–Kier alpha value is -3.90. The minimum Gasteiger partial charge on any atom is -0.487 e. The lowest BCUT2D eigenvalue weighted by Gasteiger charge is -2.16. The van der Waals surface area contributed by atoms with E-state index in [-0.39, 0.29) is 0 Å². The van der Waals surface area contributed by atoms with E-state index in [1.165, 1.54) is 6.33 Å². The minimum absolute atomic E-state index is 0.372. The molecule has 5 N–H and O–H groups in total. The fourth-order valence-corrected chi connectivity index (χ4v) is 4.32. The maximum Gasteiger partial charge on any atom is 0.163 e. The molecule has 0 amide bonds. The van der Waals surface area contributed by atoms with E-state index in [1.807, 2.05) is 47.8 Å². The third-order valence-corrected chi connectivity index (χ3v) is 6.23. The zero-order chi connectivity index (χ0) is 26.7. The average molecular weight is 537 g/mol. The van der Waals surface area contributed by atoms with Gasteiger partial charge >= 0.3 is 0 Å². The van der Waals surface area contributed by atoms with Crippen molar-refractivity contribution in [2.75, 3.05) is 46.0 Å². The van der Waals surface area contributed by atoms with Crippen LogP contribution in [0.3, 0.4) is 0 Å². The maximum atomic E-state index is 6.36. The number of nitrogens with zero attached hydrogens (tertiary/aromatic N) is 3. The van der Waals surface area contributed by atoms with Crippen molar-refractivity contribution >= 4 is 39.4 Å². The van der Waals surface area contributed by atoms with Crippen LogP contribution in [0.15, 0.2) is 65.8 Å². The second-order valence-electron chi connectivity index (χ2n) is 8.32. The monoisotopic (exact) mass is 536 g/mol. The van der Waals surface area contributed by atoms with Crippen molar-refractivity contribution in [3.05, 3.63) is 76.9 Å². The zero-order valence-corrected chi connectivity index (χ0v) is 22.2. The summed E-state index contributed by atoms with van der Waals surface area (Å²) in [5, 5.41) is 9.81. The molecule has 0 unspecified atom stereocenters. The molecular formula is C27H32N6O4S. The van der Waals surface area contributed by atoms with Gasteiger partial charge in [0, 0.05) is 43.1 Å². The van der Waals surface area contributed by atoms with Crippen molar-refractivity contribution in [1.29, 1.82) is 0 Å². The van der Waals surface area contributed by atoms with Crippen molar-refractivity contribution in [3.63, 3.8) is 0 Å². The largest absolute Gasteiger partial charge is 0.487 e. The molecule has 10 nitrogen and oxygen atoms in total. The fraction of sp³-hybridized carbons (Fsp3) is 0.259. The normalized spacial score (nSPS) is 11.5. The Labute approximate surface area is 225 Å². The molecular weight excluding hydrogens is 504 g/mol. The van der Waals surface area contributed by atoms with E-state index in [0.29, 0.717) is 61.5 Å². The zero-order valence-electron chi connectivity index (χ0n) is 21.4. The minimum atomic E-state index is 0.372. The van der Waals surface area contributed by atoms with Gasteiger partial charge in [0.1, 0.15) is 25.4 Å². The maximum absolute atomic E-state index is 6.36. The second kappa shape index (κ2) is 13.6. The molecule has 0 saturated carbocycles. The van der Waals surface area contributed by atoms with Crippen LogP contribution in [0.2, 0.25) is 0 Å². The molecule has 11 heteroatoms. The van der Waals surface area contributed by atoms with E-state index < -0.39 is 0 Å². The summed E-state index contributed by atoms with van der Waals surface area (Å²) in [6.45, 7) is 2.23. The number of hydrogen-bond donors (Lipinski definition) is 3. The molecule has 0 aliphatic carbocycles. The van der Waals surface area contributed by atoms with Crippen LogP contribution in [-0.4, -0.2) is 55.6 Å². The Morgan fingerprint density at radius 3 is 2.47 bits per heavy atom. The van der Waals surface area contributed by atoms with Crippen LogP contribution in [-0.2, 0) is 16.0 Å². The number of benzene rings is 2. The lowest BCUT2D eigenvalue weighted by atomic mass is 10.1. The number of hydrazine groups is 1. The first-order chi connectivity index (χ1) is 18.6. The molecule has 200 valence electrons. The fourth-order valence-electron chi connectivity index (χ4n) is 3.66. The summed E-state index contributed by atoms with van der Waals surface area (Å²) in [6.07, 6.45) is 3.23. The Kier molecular flexibility index (Phi) is 9.71. The number of nitrogens with one attached hydrogen (secondary N) is 1. The summed E-state index contributed by atoms with van der Waals surface area (Å²) >= 11 is 1.63. The van der Waals surface area contributed by atoms with Crippen molar-refractivity contribution < 1.29 is 18.9 Å². The van der Waals surface area contributed by atoms with E-state index >= 15 is 0 Å². The van der Waals surface area contributed by atoms with Gasteiger partial charge in [0.25, 0.3) is 0 Å². The van der Waals surface area contributed by atoms with Gasteiger partial charge in [-0.3, -0.25) is 0 Å². The molecule has 38 heavy (non-hydrogen) atoms.